The number of benzene rings is 2. The van der Waals surface area contributed by atoms with Crippen LogP contribution in [0.5, 0.6) is 0 Å². The van der Waals surface area contributed by atoms with Gasteiger partial charge in [-0.05, 0) is 40.8 Å². The molecular formula is C14H8O3. The van der Waals surface area contributed by atoms with Gasteiger partial charge in [-0.3, -0.25) is 0 Å². The molecule has 0 atom stereocenters. The third kappa shape index (κ3) is 0.965. The van der Waals surface area contributed by atoms with E-state index in [1.807, 2.05) is 12.1 Å². The van der Waals surface area contributed by atoms with Crippen molar-refractivity contribution in [3.8, 4) is 0 Å². The molecule has 4 rings (SSSR count). The SMILES string of the molecule is O=C1OC(=O)c2c1cc1cccc3c1c2CC3. The van der Waals surface area contributed by atoms with E-state index in [0.717, 1.165) is 29.2 Å². The molecular weight excluding hydrogens is 216 g/mol. The number of carbonyl (C=O) groups is 2. The van der Waals surface area contributed by atoms with Gasteiger partial charge in [0.2, 0.25) is 0 Å². The van der Waals surface area contributed by atoms with Crippen molar-refractivity contribution in [2.24, 2.45) is 0 Å². The first-order valence-electron chi connectivity index (χ1n) is 5.59. The fourth-order valence-corrected chi connectivity index (χ4v) is 2.93. The van der Waals surface area contributed by atoms with Crippen molar-refractivity contribution in [1.29, 1.82) is 0 Å². The monoisotopic (exact) mass is 224 g/mol. The van der Waals surface area contributed by atoms with Gasteiger partial charge in [0.15, 0.2) is 0 Å². The van der Waals surface area contributed by atoms with E-state index in [0.29, 0.717) is 11.1 Å². The van der Waals surface area contributed by atoms with Crippen LogP contribution in [0.4, 0.5) is 0 Å². The number of carbonyl (C=O) groups excluding carboxylic acids is 2. The van der Waals surface area contributed by atoms with Gasteiger partial charge in [0.25, 0.3) is 0 Å². The average molecular weight is 224 g/mol. The number of rotatable bonds is 0. The zero-order chi connectivity index (χ0) is 11.6. The number of hydrogen-bond donors (Lipinski definition) is 0. The average Bonchev–Trinajstić information content (AvgIpc) is 2.85. The summed E-state index contributed by atoms with van der Waals surface area (Å²) >= 11 is 0. The van der Waals surface area contributed by atoms with E-state index in [-0.39, 0.29) is 0 Å². The summed E-state index contributed by atoms with van der Waals surface area (Å²) < 4.78 is 4.69. The van der Waals surface area contributed by atoms with Gasteiger partial charge in [-0.25, -0.2) is 9.59 Å². The first-order chi connectivity index (χ1) is 8.25. The van der Waals surface area contributed by atoms with Gasteiger partial charge < -0.3 is 4.74 Å². The first kappa shape index (κ1) is 8.93. The van der Waals surface area contributed by atoms with Crippen LogP contribution in [0, 0.1) is 0 Å². The lowest BCUT2D eigenvalue weighted by atomic mass is 9.96. The van der Waals surface area contributed by atoms with Crippen molar-refractivity contribution in [3.05, 3.63) is 46.5 Å². The van der Waals surface area contributed by atoms with E-state index in [9.17, 15) is 9.59 Å². The number of fused-ring (bicyclic) bond motifs is 2. The molecule has 1 aliphatic heterocycles. The maximum atomic E-state index is 11.7. The second-order valence-corrected chi connectivity index (χ2v) is 4.47. The van der Waals surface area contributed by atoms with Crippen LogP contribution in [0.15, 0.2) is 24.3 Å². The van der Waals surface area contributed by atoms with E-state index in [4.69, 9.17) is 4.74 Å². The molecule has 0 unspecified atom stereocenters. The highest BCUT2D eigenvalue weighted by Crippen LogP contribution is 2.37. The van der Waals surface area contributed by atoms with E-state index < -0.39 is 11.9 Å². The zero-order valence-electron chi connectivity index (χ0n) is 8.95. The Labute approximate surface area is 97.0 Å². The van der Waals surface area contributed by atoms with Crippen LogP contribution in [-0.2, 0) is 17.6 Å². The van der Waals surface area contributed by atoms with E-state index in [1.54, 1.807) is 6.07 Å². The molecule has 0 bridgehead atoms. The Hall–Kier alpha value is -2.16. The van der Waals surface area contributed by atoms with Crippen molar-refractivity contribution in [3.63, 3.8) is 0 Å². The van der Waals surface area contributed by atoms with Gasteiger partial charge in [-0.15, -0.1) is 0 Å². The minimum absolute atomic E-state index is 0.427. The maximum Gasteiger partial charge on any atom is 0.347 e. The number of esters is 2. The van der Waals surface area contributed by atoms with Crippen LogP contribution in [0.3, 0.4) is 0 Å². The molecule has 2 aromatic carbocycles. The smallest absolute Gasteiger partial charge is 0.347 e. The highest BCUT2D eigenvalue weighted by Gasteiger charge is 2.35. The second kappa shape index (κ2) is 2.74. The Balaban J connectivity index is 2.24. The molecule has 0 spiro atoms. The Morgan fingerprint density at radius 2 is 1.94 bits per heavy atom. The molecule has 1 aliphatic carbocycles. The van der Waals surface area contributed by atoms with Gasteiger partial charge in [0.1, 0.15) is 0 Å². The fourth-order valence-electron chi connectivity index (χ4n) is 2.93. The predicted octanol–water partition coefficient (Wildman–Crippen LogP) is 2.25. The molecule has 82 valence electrons. The molecule has 2 aromatic rings. The molecule has 0 amide bonds. The topological polar surface area (TPSA) is 43.4 Å². The Morgan fingerprint density at radius 3 is 2.82 bits per heavy atom. The zero-order valence-corrected chi connectivity index (χ0v) is 8.95. The van der Waals surface area contributed by atoms with Crippen LogP contribution >= 0.6 is 0 Å². The van der Waals surface area contributed by atoms with E-state index in [2.05, 4.69) is 6.07 Å². The number of ether oxygens (including phenoxy) is 1. The summed E-state index contributed by atoms with van der Waals surface area (Å²) in [6, 6.07) is 7.81. The van der Waals surface area contributed by atoms with E-state index in [1.165, 1.54) is 5.56 Å². The molecule has 0 fully saturated rings. The summed E-state index contributed by atoms with van der Waals surface area (Å²) in [6.45, 7) is 0. The van der Waals surface area contributed by atoms with Crippen LogP contribution in [0.1, 0.15) is 31.8 Å². The van der Waals surface area contributed by atoms with Crippen molar-refractivity contribution in [2.75, 3.05) is 0 Å². The highest BCUT2D eigenvalue weighted by atomic mass is 16.6. The summed E-state index contributed by atoms with van der Waals surface area (Å²) in [6.07, 6.45) is 1.76. The summed E-state index contributed by atoms with van der Waals surface area (Å²) in [5.74, 6) is -1.00. The van der Waals surface area contributed by atoms with Gasteiger partial charge in [-0.2, -0.15) is 0 Å². The molecule has 17 heavy (non-hydrogen) atoms. The summed E-state index contributed by atoms with van der Waals surface area (Å²) in [4.78, 5) is 23.2. The van der Waals surface area contributed by atoms with Crippen LogP contribution in [0.2, 0.25) is 0 Å². The molecule has 2 aliphatic rings. The quantitative estimate of drug-likeness (QED) is 0.509. The van der Waals surface area contributed by atoms with Crippen LogP contribution in [-0.4, -0.2) is 11.9 Å². The summed E-state index contributed by atoms with van der Waals surface area (Å²) in [5.41, 5.74) is 3.17. The van der Waals surface area contributed by atoms with Gasteiger partial charge in [-0.1, -0.05) is 18.2 Å². The first-order valence-corrected chi connectivity index (χ1v) is 5.59. The minimum Gasteiger partial charge on any atom is -0.386 e. The third-order valence-electron chi connectivity index (χ3n) is 3.61. The van der Waals surface area contributed by atoms with Crippen LogP contribution in [0.25, 0.3) is 10.8 Å². The lowest BCUT2D eigenvalue weighted by Gasteiger charge is -2.04. The lowest BCUT2D eigenvalue weighted by molar-refractivity contribution is 0.0443. The lowest BCUT2D eigenvalue weighted by Crippen LogP contribution is -1.99. The highest BCUT2D eigenvalue weighted by molar-refractivity contribution is 6.19. The Bertz CT molecular complexity index is 713. The molecule has 0 aromatic heterocycles. The second-order valence-electron chi connectivity index (χ2n) is 4.47. The maximum absolute atomic E-state index is 11.7. The normalized spacial score (nSPS) is 16.5. The fraction of sp³-hybridized carbons (Fsp3) is 0.143. The Kier molecular flexibility index (Phi) is 1.44. The number of aryl methyl sites for hydroxylation is 2. The van der Waals surface area contributed by atoms with Gasteiger partial charge in [0.05, 0.1) is 11.1 Å². The summed E-state index contributed by atoms with van der Waals surface area (Å²) in [5, 5.41) is 2.17. The molecule has 0 saturated carbocycles. The minimum atomic E-state index is -0.513. The molecule has 3 heteroatoms. The number of hydrogen-bond acceptors (Lipinski definition) is 3. The van der Waals surface area contributed by atoms with Crippen molar-refractivity contribution < 1.29 is 14.3 Å². The van der Waals surface area contributed by atoms with Crippen molar-refractivity contribution in [2.45, 2.75) is 12.8 Å². The molecule has 1 heterocycles. The van der Waals surface area contributed by atoms with Crippen LogP contribution < -0.4 is 0 Å². The van der Waals surface area contributed by atoms with Crippen molar-refractivity contribution in [1.82, 2.24) is 0 Å². The largest absolute Gasteiger partial charge is 0.386 e. The predicted molar refractivity (Wildman–Crippen MR) is 61.1 cm³/mol. The summed E-state index contributed by atoms with van der Waals surface area (Å²) in [7, 11) is 0. The molecule has 3 nitrogen and oxygen atoms in total. The van der Waals surface area contributed by atoms with Gasteiger partial charge in [0, 0.05) is 0 Å². The number of cyclic esters (lactones) is 2. The third-order valence-corrected chi connectivity index (χ3v) is 3.61. The van der Waals surface area contributed by atoms with E-state index >= 15 is 0 Å². The standard InChI is InChI=1S/C14H8O3/c15-13-10-6-8-3-1-2-7-4-5-9(11(7)8)12(10)14(16)17-13/h1-3,6H,4-5H2. The molecule has 0 radical (unpaired) electrons. The molecule has 0 N–H and O–H groups in total. The molecule has 0 saturated heterocycles. The Morgan fingerprint density at radius 1 is 1.06 bits per heavy atom. The van der Waals surface area contributed by atoms with Gasteiger partial charge >= 0.3 is 11.9 Å². The van der Waals surface area contributed by atoms with Crippen molar-refractivity contribution >= 4 is 22.7 Å².